The number of aliphatic hydroxyl groups is 1. The molecule has 2 aromatic rings. The maximum absolute atomic E-state index is 11.9. The van der Waals surface area contributed by atoms with Crippen LogP contribution in [0.15, 0.2) is 41.8 Å². The lowest BCUT2D eigenvalue weighted by molar-refractivity contribution is -0.117. The van der Waals surface area contributed by atoms with Gasteiger partial charge in [-0.1, -0.05) is 12.1 Å². The third-order valence-electron chi connectivity index (χ3n) is 3.80. The molecule has 120 valence electrons. The minimum Gasteiger partial charge on any atom is -0.493 e. The van der Waals surface area contributed by atoms with Crippen LogP contribution in [0, 0.1) is 0 Å². The van der Waals surface area contributed by atoms with Gasteiger partial charge in [-0.25, -0.2) is 0 Å². The lowest BCUT2D eigenvalue weighted by Crippen LogP contribution is -2.37. The normalized spacial score (nSPS) is 15.9. The Morgan fingerprint density at radius 3 is 3.13 bits per heavy atom. The number of nitrogens with one attached hydrogen (secondary N) is 1. The van der Waals surface area contributed by atoms with Gasteiger partial charge >= 0.3 is 0 Å². The van der Waals surface area contributed by atoms with Crippen molar-refractivity contribution in [1.29, 1.82) is 0 Å². The Labute approximate surface area is 139 Å². The summed E-state index contributed by atoms with van der Waals surface area (Å²) < 4.78 is 5.46. The van der Waals surface area contributed by atoms with E-state index < -0.39 is 5.60 Å². The fraction of sp³-hybridized carbons (Fsp3) is 0.278. The molecule has 23 heavy (non-hydrogen) atoms. The van der Waals surface area contributed by atoms with Crippen LogP contribution in [0.1, 0.15) is 22.9 Å². The molecule has 0 aliphatic carbocycles. The quantitative estimate of drug-likeness (QED) is 0.829. The highest BCUT2D eigenvalue weighted by Gasteiger charge is 2.24. The highest BCUT2D eigenvalue weighted by atomic mass is 32.1. The smallest absolute Gasteiger partial charge is 0.244 e. The molecule has 0 saturated heterocycles. The molecule has 1 aromatic heterocycles. The van der Waals surface area contributed by atoms with Crippen molar-refractivity contribution in [3.05, 3.63) is 57.8 Å². The predicted octanol–water partition coefficient (Wildman–Crippen LogP) is 2.72. The molecule has 4 nitrogen and oxygen atoms in total. The highest BCUT2D eigenvalue weighted by molar-refractivity contribution is 7.10. The fourth-order valence-corrected chi connectivity index (χ4v) is 3.26. The van der Waals surface area contributed by atoms with Crippen molar-refractivity contribution in [3.8, 4) is 5.75 Å². The molecule has 1 amide bonds. The Balaban J connectivity index is 1.57. The number of hydrogen-bond acceptors (Lipinski definition) is 4. The van der Waals surface area contributed by atoms with Crippen molar-refractivity contribution < 1.29 is 14.6 Å². The maximum atomic E-state index is 11.9. The van der Waals surface area contributed by atoms with Crippen LogP contribution in [0.4, 0.5) is 0 Å². The molecule has 2 N–H and O–H groups in total. The third-order valence-corrected chi connectivity index (χ3v) is 4.92. The SMILES string of the molecule is CC(O)(CNC(=O)/C=C/c1ccc2c(c1)CCO2)c1cccs1. The van der Waals surface area contributed by atoms with Crippen LogP contribution in [0.3, 0.4) is 0 Å². The van der Waals surface area contributed by atoms with E-state index in [1.807, 2.05) is 35.7 Å². The number of hydrogen-bond donors (Lipinski definition) is 2. The minimum absolute atomic E-state index is 0.175. The van der Waals surface area contributed by atoms with Gasteiger partial charge in [-0.2, -0.15) is 0 Å². The number of amides is 1. The first kappa shape index (κ1) is 15.8. The Morgan fingerprint density at radius 2 is 2.35 bits per heavy atom. The van der Waals surface area contributed by atoms with Gasteiger partial charge in [0.25, 0.3) is 0 Å². The number of benzene rings is 1. The third kappa shape index (κ3) is 3.81. The van der Waals surface area contributed by atoms with E-state index in [1.165, 1.54) is 23.0 Å². The van der Waals surface area contributed by atoms with Crippen LogP contribution >= 0.6 is 11.3 Å². The van der Waals surface area contributed by atoms with Gasteiger partial charge in [-0.3, -0.25) is 4.79 Å². The molecule has 1 aliphatic rings. The first-order valence-electron chi connectivity index (χ1n) is 7.53. The maximum Gasteiger partial charge on any atom is 0.244 e. The molecule has 0 radical (unpaired) electrons. The van der Waals surface area contributed by atoms with Crippen LogP contribution in [-0.2, 0) is 16.8 Å². The molecule has 5 heteroatoms. The molecule has 2 heterocycles. The predicted molar refractivity (Wildman–Crippen MR) is 91.6 cm³/mol. The van der Waals surface area contributed by atoms with E-state index in [2.05, 4.69) is 5.32 Å². The molecule has 1 unspecified atom stereocenters. The van der Waals surface area contributed by atoms with E-state index in [0.717, 1.165) is 29.2 Å². The Morgan fingerprint density at radius 1 is 1.48 bits per heavy atom. The molecule has 0 spiro atoms. The summed E-state index contributed by atoms with van der Waals surface area (Å²) in [7, 11) is 0. The average molecular weight is 329 g/mol. The van der Waals surface area contributed by atoms with Crippen molar-refractivity contribution in [3.63, 3.8) is 0 Å². The molecule has 1 aliphatic heterocycles. The van der Waals surface area contributed by atoms with Crippen LogP contribution < -0.4 is 10.1 Å². The fourth-order valence-electron chi connectivity index (χ4n) is 2.47. The van der Waals surface area contributed by atoms with Crippen LogP contribution in [0.2, 0.25) is 0 Å². The van der Waals surface area contributed by atoms with E-state index in [4.69, 9.17) is 4.74 Å². The van der Waals surface area contributed by atoms with E-state index >= 15 is 0 Å². The number of ether oxygens (including phenoxy) is 1. The highest BCUT2D eigenvalue weighted by Crippen LogP contribution is 2.26. The van der Waals surface area contributed by atoms with Gasteiger partial charge < -0.3 is 15.2 Å². The first-order valence-corrected chi connectivity index (χ1v) is 8.40. The summed E-state index contributed by atoms with van der Waals surface area (Å²) in [4.78, 5) is 12.8. The summed E-state index contributed by atoms with van der Waals surface area (Å²) in [5, 5.41) is 15.0. The van der Waals surface area contributed by atoms with Gasteiger partial charge in [0.1, 0.15) is 11.4 Å². The zero-order valence-electron chi connectivity index (χ0n) is 12.9. The standard InChI is InChI=1S/C18H19NO3S/c1-18(21,16-3-2-10-23-16)12-19-17(20)7-5-13-4-6-15-14(11-13)8-9-22-15/h2-7,10-11,21H,8-9,12H2,1H3,(H,19,20)/b7-5+. The van der Waals surface area contributed by atoms with Crippen LogP contribution in [0.25, 0.3) is 6.08 Å². The average Bonchev–Trinajstić information content (AvgIpc) is 3.21. The summed E-state index contributed by atoms with van der Waals surface area (Å²) in [6, 6.07) is 9.64. The molecular weight excluding hydrogens is 310 g/mol. The molecular formula is C18H19NO3S. The summed E-state index contributed by atoms with van der Waals surface area (Å²) in [5.41, 5.74) is 1.09. The van der Waals surface area contributed by atoms with Gasteiger partial charge in [0.15, 0.2) is 0 Å². The Bertz CT molecular complexity index is 720. The number of carbonyl (C=O) groups excluding carboxylic acids is 1. The number of carbonyl (C=O) groups is 1. The second-order valence-electron chi connectivity index (χ2n) is 5.77. The molecule has 0 bridgehead atoms. The van der Waals surface area contributed by atoms with E-state index in [9.17, 15) is 9.90 Å². The number of rotatable bonds is 5. The van der Waals surface area contributed by atoms with Gasteiger partial charge in [-0.15, -0.1) is 11.3 Å². The second kappa shape index (κ2) is 6.56. The monoisotopic (exact) mass is 329 g/mol. The van der Waals surface area contributed by atoms with Crippen molar-refractivity contribution in [1.82, 2.24) is 5.32 Å². The largest absolute Gasteiger partial charge is 0.493 e. The molecule has 3 rings (SSSR count). The van der Waals surface area contributed by atoms with Gasteiger partial charge in [0.05, 0.1) is 13.2 Å². The minimum atomic E-state index is -1.05. The summed E-state index contributed by atoms with van der Waals surface area (Å²) in [6.07, 6.45) is 4.17. The van der Waals surface area contributed by atoms with Gasteiger partial charge in [0, 0.05) is 17.4 Å². The topological polar surface area (TPSA) is 58.6 Å². The lowest BCUT2D eigenvalue weighted by Gasteiger charge is -2.21. The summed E-state index contributed by atoms with van der Waals surface area (Å²) in [5.74, 6) is 0.706. The molecule has 0 saturated carbocycles. The molecule has 0 fully saturated rings. The van der Waals surface area contributed by atoms with E-state index in [-0.39, 0.29) is 12.5 Å². The van der Waals surface area contributed by atoms with Crippen LogP contribution in [0.5, 0.6) is 5.75 Å². The van der Waals surface area contributed by atoms with Gasteiger partial charge in [0.2, 0.25) is 5.91 Å². The number of fused-ring (bicyclic) bond motifs is 1. The lowest BCUT2D eigenvalue weighted by atomic mass is 10.1. The van der Waals surface area contributed by atoms with Crippen molar-refractivity contribution >= 4 is 23.3 Å². The Kier molecular flexibility index (Phi) is 4.50. The zero-order chi connectivity index (χ0) is 16.3. The zero-order valence-corrected chi connectivity index (χ0v) is 13.7. The molecule has 1 atom stereocenters. The van der Waals surface area contributed by atoms with Crippen LogP contribution in [-0.4, -0.2) is 24.2 Å². The summed E-state index contributed by atoms with van der Waals surface area (Å²) in [6.45, 7) is 2.60. The summed E-state index contributed by atoms with van der Waals surface area (Å²) >= 11 is 1.47. The van der Waals surface area contributed by atoms with E-state index in [1.54, 1.807) is 13.0 Å². The van der Waals surface area contributed by atoms with E-state index in [0.29, 0.717) is 0 Å². The van der Waals surface area contributed by atoms with Crippen molar-refractivity contribution in [2.75, 3.05) is 13.2 Å². The van der Waals surface area contributed by atoms with Gasteiger partial charge in [-0.05, 0) is 47.7 Å². The Hall–Kier alpha value is -2.11. The molecule has 1 aromatic carbocycles. The first-order chi connectivity index (χ1) is 11.0. The van der Waals surface area contributed by atoms with Crippen molar-refractivity contribution in [2.24, 2.45) is 0 Å². The van der Waals surface area contributed by atoms with Crippen molar-refractivity contribution in [2.45, 2.75) is 18.9 Å². The number of thiophene rings is 1. The second-order valence-corrected chi connectivity index (χ2v) is 6.72.